The van der Waals surface area contributed by atoms with Crippen LogP contribution in [0.1, 0.15) is 0 Å². The van der Waals surface area contributed by atoms with E-state index < -0.39 is 0 Å². The number of aromatic nitrogens is 5. The van der Waals surface area contributed by atoms with Crippen molar-refractivity contribution in [2.75, 3.05) is 0 Å². The molecule has 24 heavy (non-hydrogen) atoms. The fraction of sp³-hybridized carbons (Fsp3) is 0. The first-order valence-electron chi connectivity index (χ1n) is 7.31. The molecular weight excluding hydrogens is 325 g/mol. The summed E-state index contributed by atoms with van der Waals surface area (Å²) in [5.41, 5.74) is 3.54. The Morgan fingerprint density at radius 2 is 2.17 bits per heavy atom. The zero-order valence-corrected chi connectivity index (χ0v) is 13.1. The largest absolute Gasteiger partial charge is 0.360 e. The zero-order valence-electron chi connectivity index (χ0n) is 12.3. The molecule has 0 saturated carbocycles. The molecule has 0 aliphatic carbocycles. The van der Waals surface area contributed by atoms with E-state index in [1.165, 1.54) is 23.5 Å². The van der Waals surface area contributed by atoms with Crippen molar-refractivity contribution in [3.63, 3.8) is 0 Å². The summed E-state index contributed by atoms with van der Waals surface area (Å²) in [6.45, 7) is 0. The van der Waals surface area contributed by atoms with Crippen molar-refractivity contribution < 1.29 is 4.39 Å². The molecule has 0 radical (unpaired) electrons. The van der Waals surface area contributed by atoms with Crippen LogP contribution in [0.2, 0.25) is 0 Å². The molecule has 0 aliphatic rings. The number of imidazole rings is 1. The third kappa shape index (κ3) is 2.02. The second kappa shape index (κ2) is 4.97. The van der Waals surface area contributed by atoms with E-state index in [0.29, 0.717) is 0 Å². The number of halogens is 1. The molecule has 0 unspecified atom stereocenters. The number of H-pyrrole nitrogens is 1. The maximum absolute atomic E-state index is 13.5. The molecule has 1 aromatic carbocycles. The molecule has 5 rings (SSSR count). The predicted octanol–water partition coefficient (Wildman–Crippen LogP) is 4.14. The Balaban J connectivity index is 1.63. The summed E-state index contributed by atoms with van der Waals surface area (Å²) >= 11 is 1.47. The first-order valence-corrected chi connectivity index (χ1v) is 8.13. The van der Waals surface area contributed by atoms with E-state index in [1.54, 1.807) is 23.0 Å². The summed E-state index contributed by atoms with van der Waals surface area (Å²) in [4.78, 5) is 12.7. The van der Waals surface area contributed by atoms with Gasteiger partial charge in [0.25, 0.3) is 0 Å². The number of rotatable bonds is 2. The summed E-state index contributed by atoms with van der Waals surface area (Å²) in [6.07, 6.45) is 7.23. The number of aromatic amines is 1. The Labute approximate surface area is 139 Å². The first kappa shape index (κ1) is 13.4. The highest BCUT2D eigenvalue weighted by atomic mass is 32.1. The van der Waals surface area contributed by atoms with Gasteiger partial charge in [-0.15, -0.1) is 0 Å². The molecule has 0 fully saturated rings. The van der Waals surface area contributed by atoms with Gasteiger partial charge in [-0.3, -0.25) is 4.98 Å². The number of nitrogens with one attached hydrogen (secondary N) is 1. The van der Waals surface area contributed by atoms with Gasteiger partial charge in [-0.05, 0) is 30.3 Å². The molecule has 0 atom stereocenters. The Morgan fingerprint density at radius 1 is 1.21 bits per heavy atom. The summed E-state index contributed by atoms with van der Waals surface area (Å²) in [7, 11) is 0. The van der Waals surface area contributed by atoms with Crippen molar-refractivity contribution in [3.8, 4) is 21.8 Å². The molecule has 0 saturated heterocycles. The minimum Gasteiger partial charge on any atom is -0.360 e. The molecule has 0 spiro atoms. The minimum atomic E-state index is -0.261. The Morgan fingerprint density at radius 3 is 3.00 bits per heavy atom. The molecule has 1 N–H and O–H groups in total. The van der Waals surface area contributed by atoms with E-state index in [2.05, 4.69) is 20.1 Å². The highest BCUT2D eigenvalue weighted by Crippen LogP contribution is 2.33. The molecule has 4 heterocycles. The molecule has 7 heteroatoms. The Kier molecular flexibility index (Phi) is 2.77. The van der Waals surface area contributed by atoms with Gasteiger partial charge in [0, 0.05) is 40.6 Å². The zero-order chi connectivity index (χ0) is 16.1. The first-order chi connectivity index (χ1) is 11.8. The standard InChI is InChI=1S/C17H10FN5S/c18-11-3-4-14-12(6-11)13(8-20-14)16-22-23-9-15(21-17(23)24-16)10-2-1-5-19-7-10/h1-9,20H. The third-order valence-electron chi connectivity index (χ3n) is 3.87. The van der Waals surface area contributed by atoms with Crippen LogP contribution in [-0.2, 0) is 0 Å². The van der Waals surface area contributed by atoms with Crippen LogP contribution in [0.3, 0.4) is 0 Å². The maximum atomic E-state index is 13.5. The van der Waals surface area contributed by atoms with Crippen LogP contribution in [0.15, 0.2) is 55.1 Å². The summed E-state index contributed by atoms with van der Waals surface area (Å²) in [5, 5.41) is 6.21. The molecule has 0 bridgehead atoms. The number of fused-ring (bicyclic) bond motifs is 2. The summed E-state index contributed by atoms with van der Waals surface area (Å²) in [5.74, 6) is -0.261. The van der Waals surface area contributed by atoms with E-state index in [4.69, 9.17) is 0 Å². The van der Waals surface area contributed by atoms with E-state index >= 15 is 0 Å². The Hall–Kier alpha value is -3.06. The van der Waals surface area contributed by atoms with Crippen LogP contribution in [0.25, 0.3) is 37.7 Å². The average Bonchev–Trinajstić information content (AvgIpc) is 3.27. The average molecular weight is 335 g/mol. The number of nitrogens with zero attached hydrogens (tertiary/aromatic N) is 4. The van der Waals surface area contributed by atoms with Crippen molar-refractivity contribution >= 4 is 27.2 Å². The van der Waals surface area contributed by atoms with Crippen molar-refractivity contribution in [3.05, 3.63) is 60.9 Å². The normalized spacial score (nSPS) is 11.5. The molecule has 0 amide bonds. The lowest BCUT2D eigenvalue weighted by atomic mass is 10.2. The molecule has 4 aromatic heterocycles. The molecule has 0 aliphatic heterocycles. The van der Waals surface area contributed by atoms with Crippen LogP contribution in [-0.4, -0.2) is 24.6 Å². The maximum Gasteiger partial charge on any atom is 0.213 e. The second-order valence-corrected chi connectivity index (χ2v) is 6.35. The smallest absolute Gasteiger partial charge is 0.213 e. The van der Waals surface area contributed by atoms with Gasteiger partial charge in [-0.2, -0.15) is 5.10 Å². The van der Waals surface area contributed by atoms with E-state index in [0.717, 1.165) is 37.7 Å². The van der Waals surface area contributed by atoms with Crippen LogP contribution < -0.4 is 0 Å². The number of benzene rings is 1. The molecule has 5 nitrogen and oxygen atoms in total. The van der Waals surface area contributed by atoms with Crippen molar-refractivity contribution in [2.24, 2.45) is 0 Å². The monoisotopic (exact) mass is 335 g/mol. The van der Waals surface area contributed by atoms with Crippen LogP contribution >= 0.6 is 11.3 Å². The summed E-state index contributed by atoms with van der Waals surface area (Å²) < 4.78 is 15.3. The quantitative estimate of drug-likeness (QED) is 0.527. The van der Waals surface area contributed by atoms with E-state index in [1.807, 2.05) is 24.5 Å². The number of hydrogen-bond donors (Lipinski definition) is 1. The minimum absolute atomic E-state index is 0.261. The Bertz CT molecular complexity index is 1140. The van der Waals surface area contributed by atoms with Gasteiger partial charge >= 0.3 is 0 Å². The van der Waals surface area contributed by atoms with Gasteiger partial charge < -0.3 is 4.98 Å². The third-order valence-corrected chi connectivity index (χ3v) is 4.83. The van der Waals surface area contributed by atoms with Gasteiger partial charge in [0.2, 0.25) is 4.96 Å². The second-order valence-electron chi connectivity index (χ2n) is 5.39. The highest BCUT2D eigenvalue weighted by Gasteiger charge is 2.14. The fourth-order valence-electron chi connectivity index (χ4n) is 2.73. The van der Waals surface area contributed by atoms with Gasteiger partial charge in [0.05, 0.1) is 11.9 Å². The highest BCUT2D eigenvalue weighted by molar-refractivity contribution is 7.20. The van der Waals surface area contributed by atoms with Gasteiger partial charge in [-0.1, -0.05) is 11.3 Å². The van der Waals surface area contributed by atoms with E-state index in [-0.39, 0.29) is 5.82 Å². The van der Waals surface area contributed by atoms with Crippen molar-refractivity contribution in [2.45, 2.75) is 0 Å². The van der Waals surface area contributed by atoms with Crippen molar-refractivity contribution in [1.82, 2.24) is 24.6 Å². The fourth-order valence-corrected chi connectivity index (χ4v) is 3.64. The van der Waals surface area contributed by atoms with Gasteiger partial charge in [0.1, 0.15) is 10.8 Å². The van der Waals surface area contributed by atoms with Gasteiger partial charge in [0.15, 0.2) is 0 Å². The predicted molar refractivity (Wildman–Crippen MR) is 91.3 cm³/mol. The number of hydrogen-bond acceptors (Lipinski definition) is 4. The van der Waals surface area contributed by atoms with Crippen LogP contribution in [0.4, 0.5) is 4.39 Å². The molecule has 5 aromatic rings. The van der Waals surface area contributed by atoms with Crippen LogP contribution in [0.5, 0.6) is 0 Å². The lowest BCUT2D eigenvalue weighted by Crippen LogP contribution is -1.82. The van der Waals surface area contributed by atoms with Crippen LogP contribution in [0, 0.1) is 5.82 Å². The SMILES string of the molecule is Fc1ccc2[nH]cc(-c3nn4cc(-c5cccnc5)nc4s3)c2c1. The summed E-state index contributed by atoms with van der Waals surface area (Å²) in [6, 6.07) is 8.53. The van der Waals surface area contributed by atoms with Crippen molar-refractivity contribution in [1.29, 1.82) is 0 Å². The topological polar surface area (TPSA) is 58.9 Å². The lowest BCUT2D eigenvalue weighted by Gasteiger charge is -1.94. The van der Waals surface area contributed by atoms with E-state index in [9.17, 15) is 4.39 Å². The number of pyridine rings is 1. The molecular formula is C17H10FN5S. The van der Waals surface area contributed by atoms with Gasteiger partial charge in [-0.25, -0.2) is 13.9 Å². The lowest BCUT2D eigenvalue weighted by molar-refractivity contribution is 0.630. The molecule has 116 valence electrons.